The normalized spacial score (nSPS) is 19.2. The first kappa shape index (κ1) is 16.8. The van der Waals surface area contributed by atoms with Gasteiger partial charge in [0.25, 0.3) is 0 Å². The molecule has 0 aliphatic carbocycles. The van der Waals surface area contributed by atoms with Crippen molar-refractivity contribution in [1.82, 2.24) is 4.98 Å². The zero-order valence-electron chi connectivity index (χ0n) is 15.0. The van der Waals surface area contributed by atoms with Crippen LogP contribution in [-0.4, -0.2) is 37.0 Å². The molecular weight excluding hydrogens is 324 g/mol. The number of hydrogen-bond donors (Lipinski definition) is 2. The van der Waals surface area contributed by atoms with E-state index in [1.165, 1.54) is 12.1 Å². The van der Waals surface area contributed by atoms with Gasteiger partial charge in [0.2, 0.25) is 0 Å². The Bertz CT molecular complexity index is 824. The van der Waals surface area contributed by atoms with Crippen LogP contribution in [0.15, 0.2) is 54.5 Å². The molecule has 1 spiro atoms. The Balaban J connectivity index is 1.53. The molecule has 3 N–H and O–H groups in total. The van der Waals surface area contributed by atoms with E-state index in [2.05, 4.69) is 34.1 Å². The maximum absolute atomic E-state index is 8.56. The summed E-state index contributed by atoms with van der Waals surface area (Å²) in [5, 5.41) is 8.56. The number of anilines is 1. The molecule has 0 atom stereocenters. The SMILES string of the molecule is C/C(N)=C(/C(=N)c1ccncc1)c1ccc(N2CC3(CCOC3)C2)cc1. The van der Waals surface area contributed by atoms with Gasteiger partial charge in [0.1, 0.15) is 0 Å². The zero-order valence-corrected chi connectivity index (χ0v) is 15.0. The van der Waals surface area contributed by atoms with E-state index < -0.39 is 0 Å². The summed E-state index contributed by atoms with van der Waals surface area (Å²) in [4.78, 5) is 6.42. The zero-order chi connectivity index (χ0) is 18.1. The van der Waals surface area contributed by atoms with Crippen molar-refractivity contribution < 1.29 is 4.74 Å². The highest BCUT2D eigenvalue weighted by atomic mass is 16.5. The molecule has 5 heteroatoms. The van der Waals surface area contributed by atoms with Crippen LogP contribution in [-0.2, 0) is 4.74 Å². The molecule has 0 unspecified atom stereocenters. The highest BCUT2D eigenvalue weighted by Crippen LogP contribution is 2.40. The average Bonchev–Trinajstić information content (AvgIpc) is 3.12. The third-order valence-electron chi connectivity index (χ3n) is 5.37. The summed E-state index contributed by atoms with van der Waals surface area (Å²) in [6.45, 7) is 5.77. The van der Waals surface area contributed by atoms with Gasteiger partial charge < -0.3 is 15.4 Å². The third-order valence-corrected chi connectivity index (χ3v) is 5.37. The first-order valence-corrected chi connectivity index (χ1v) is 8.97. The predicted octanol–water partition coefficient (Wildman–Crippen LogP) is 3.07. The van der Waals surface area contributed by atoms with Crippen molar-refractivity contribution in [3.63, 3.8) is 0 Å². The lowest BCUT2D eigenvalue weighted by molar-refractivity contribution is 0.131. The Morgan fingerprint density at radius 1 is 1.12 bits per heavy atom. The molecule has 134 valence electrons. The summed E-state index contributed by atoms with van der Waals surface area (Å²) in [5.41, 5.74) is 11.3. The molecule has 0 saturated carbocycles. The third kappa shape index (κ3) is 2.99. The van der Waals surface area contributed by atoms with Crippen LogP contribution in [0.5, 0.6) is 0 Å². The molecule has 5 nitrogen and oxygen atoms in total. The van der Waals surface area contributed by atoms with Gasteiger partial charge in [-0.1, -0.05) is 12.1 Å². The van der Waals surface area contributed by atoms with Gasteiger partial charge in [-0.05, 0) is 43.2 Å². The Labute approximate surface area is 154 Å². The molecule has 1 aromatic heterocycles. The fourth-order valence-corrected chi connectivity index (χ4v) is 3.92. The minimum atomic E-state index is 0.376. The van der Waals surface area contributed by atoms with Gasteiger partial charge in [0.15, 0.2) is 0 Å². The number of pyridine rings is 1. The van der Waals surface area contributed by atoms with Crippen LogP contribution in [0, 0.1) is 10.8 Å². The number of aromatic nitrogens is 1. The molecule has 1 aromatic carbocycles. The maximum atomic E-state index is 8.56. The monoisotopic (exact) mass is 348 g/mol. The average molecular weight is 348 g/mol. The van der Waals surface area contributed by atoms with E-state index in [1.807, 2.05) is 19.1 Å². The minimum absolute atomic E-state index is 0.376. The van der Waals surface area contributed by atoms with E-state index in [1.54, 1.807) is 12.4 Å². The van der Waals surface area contributed by atoms with Crippen molar-refractivity contribution in [3.05, 3.63) is 65.6 Å². The van der Waals surface area contributed by atoms with E-state index >= 15 is 0 Å². The summed E-state index contributed by atoms with van der Waals surface area (Å²) >= 11 is 0. The Hall–Kier alpha value is -2.66. The van der Waals surface area contributed by atoms with Crippen molar-refractivity contribution in [3.8, 4) is 0 Å². The van der Waals surface area contributed by atoms with E-state index in [-0.39, 0.29) is 0 Å². The molecule has 2 fully saturated rings. The summed E-state index contributed by atoms with van der Waals surface area (Å²) in [6.07, 6.45) is 4.57. The molecule has 0 amide bonds. The Morgan fingerprint density at radius 3 is 2.38 bits per heavy atom. The number of allylic oxidation sites excluding steroid dienone is 2. The highest BCUT2D eigenvalue weighted by molar-refractivity contribution is 6.30. The Kier molecular flexibility index (Phi) is 4.24. The number of rotatable bonds is 4. The molecule has 2 aliphatic rings. The molecular formula is C21H24N4O. The van der Waals surface area contributed by atoms with Gasteiger partial charge in [-0.3, -0.25) is 10.4 Å². The molecule has 4 rings (SSSR count). The predicted molar refractivity (Wildman–Crippen MR) is 104 cm³/mol. The van der Waals surface area contributed by atoms with Crippen LogP contribution in [0.2, 0.25) is 0 Å². The van der Waals surface area contributed by atoms with Crippen LogP contribution in [0.25, 0.3) is 5.57 Å². The van der Waals surface area contributed by atoms with E-state index in [0.29, 0.717) is 16.8 Å². The van der Waals surface area contributed by atoms with Crippen LogP contribution in [0.1, 0.15) is 24.5 Å². The second kappa shape index (κ2) is 6.57. The number of benzene rings is 1. The van der Waals surface area contributed by atoms with Crippen molar-refractivity contribution in [2.75, 3.05) is 31.2 Å². The molecule has 0 bridgehead atoms. The summed E-state index contributed by atoms with van der Waals surface area (Å²) in [6, 6.07) is 12.0. The summed E-state index contributed by atoms with van der Waals surface area (Å²) in [7, 11) is 0. The van der Waals surface area contributed by atoms with Crippen LogP contribution >= 0.6 is 0 Å². The largest absolute Gasteiger partial charge is 0.402 e. The number of nitrogens with one attached hydrogen (secondary N) is 1. The van der Waals surface area contributed by atoms with Crippen molar-refractivity contribution in [1.29, 1.82) is 5.41 Å². The van der Waals surface area contributed by atoms with E-state index in [0.717, 1.165) is 43.0 Å². The number of nitrogens with two attached hydrogens (primary N) is 1. The molecule has 2 aliphatic heterocycles. The second-order valence-corrected chi connectivity index (χ2v) is 7.37. The number of hydrogen-bond acceptors (Lipinski definition) is 5. The number of ether oxygens (including phenoxy) is 1. The van der Waals surface area contributed by atoms with Gasteiger partial charge in [0, 0.05) is 60.0 Å². The van der Waals surface area contributed by atoms with Crippen molar-refractivity contribution in [2.45, 2.75) is 13.3 Å². The van der Waals surface area contributed by atoms with E-state index in [4.69, 9.17) is 15.9 Å². The second-order valence-electron chi connectivity index (χ2n) is 7.37. The highest BCUT2D eigenvalue weighted by Gasteiger charge is 2.45. The summed E-state index contributed by atoms with van der Waals surface area (Å²) < 4.78 is 5.56. The maximum Gasteiger partial charge on any atom is 0.0708 e. The molecule has 0 radical (unpaired) electrons. The fourth-order valence-electron chi connectivity index (χ4n) is 3.92. The van der Waals surface area contributed by atoms with Gasteiger partial charge >= 0.3 is 0 Å². The first-order valence-electron chi connectivity index (χ1n) is 8.97. The van der Waals surface area contributed by atoms with Gasteiger partial charge in [-0.25, -0.2) is 0 Å². The smallest absolute Gasteiger partial charge is 0.0708 e. The topological polar surface area (TPSA) is 75.2 Å². The minimum Gasteiger partial charge on any atom is -0.402 e. The lowest BCUT2D eigenvalue weighted by Gasteiger charge is -2.48. The van der Waals surface area contributed by atoms with Crippen LogP contribution in [0.4, 0.5) is 5.69 Å². The van der Waals surface area contributed by atoms with Crippen molar-refractivity contribution in [2.24, 2.45) is 11.1 Å². The lowest BCUT2D eigenvalue weighted by Crippen LogP contribution is -2.56. The number of nitrogens with zero attached hydrogens (tertiary/aromatic N) is 2. The first-order chi connectivity index (χ1) is 12.6. The standard InChI is InChI=1S/C21H24N4O/c1-15(22)19(20(23)17-6-9-24-10-7-17)16-2-4-18(5-3-16)25-12-21(13-25)8-11-26-14-21/h2-7,9-10,23H,8,11-14,22H2,1H3/b19-15-,23-20?. The lowest BCUT2D eigenvalue weighted by atomic mass is 9.79. The van der Waals surface area contributed by atoms with Gasteiger partial charge in [-0.15, -0.1) is 0 Å². The molecule has 2 aromatic rings. The van der Waals surface area contributed by atoms with Gasteiger partial charge in [0.05, 0.1) is 12.3 Å². The molecule has 3 heterocycles. The van der Waals surface area contributed by atoms with Crippen LogP contribution in [0.3, 0.4) is 0 Å². The quantitative estimate of drug-likeness (QED) is 0.833. The van der Waals surface area contributed by atoms with Crippen molar-refractivity contribution >= 4 is 17.0 Å². The fraction of sp³-hybridized carbons (Fsp3) is 0.333. The molecule has 26 heavy (non-hydrogen) atoms. The van der Waals surface area contributed by atoms with E-state index in [9.17, 15) is 0 Å². The summed E-state index contributed by atoms with van der Waals surface area (Å²) in [5.74, 6) is 0. The van der Waals surface area contributed by atoms with Gasteiger partial charge in [-0.2, -0.15) is 0 Å². The Morgan fingerprint density at radius 2 is 1.81 bits per heavy atom. The van der Waals surface area contributed by atoms with Crippen LogP contribution < -0.4 is 10.6 Å². The molecule has 2 saturated heterocycles.